The molecule has 0 radical (unpaired) electrons. The summed E-state index contributed by atoms with van der Waals surface area (Å²) < 4.78 is 0. The van der Waals surface area contributed by atoms with E-state index < -0.39 is 11.7 Å². The number of fused-ring (bicyclic) bond motifs is 2. The molecule has 4 heteroatoms. The van der Waals surface area contributed by atoms with Crippen LogP contribution in [0.4, 0.5) is 0 Å². The lowest BCUT2D eigenvalue weighted by molar-refractivity contribution is -0.114. The lowest BCUT2D eigenvalue weighted by Gasteiger charge is -2.47. The molecule has 0 aromatic carbocycles. The first-order chi connectivity index (χ1) is 8.85. The molecule has 0 aliphatic heterocycles. The van der Waals surface area contributed by atoms with Gasteiger partial charge in [0, 0.05) is 5.41 Å². The van der Waals surface area contributed by atoms with E-state index in [4.69, 9.17) is 10.2 Å². The summed E-state index contributed by atoms with van der Waals surface area (Å²) in [6.07, 6.45) is 4.52. The van der Waals surface area contributed by atoms with Gasteiger partial charge in [-0.05, 0) is 50.0 Å². The van der Waals surface area contributed by atoms with Gasteiger partial charge in [0.05, 0.1) is 24.9 Å². The lowest BCUT2D eigenvalue weighted by Crippen LogP contribution is -2.50. The van der Waals surface area contributed by atoms with E-state index in [0.717, 1.165) is 19.3 Å². The molecule has 4 N–H and O–H groups in total. The normalized spacial score (nSPS) is 42.4. The van der Waals surface area contributed by atoms with Gasteiger partial charge in [0.2, 0.25) is 0 Å². The number of hydrogen-bond acceptors (Lipinski definition) is 4. The van der Waals surface area contributed by atoms with Crippen LogP contribution in [-0.2, 0) is 0 Å². The van der Waals surface area contributed by atoms with Gasteiger partial charge in [-0.15, -0.1) is 0 Å². The number of hydrogen-bond donors (Lipinski definition) is 4. The third-order valence-corrected chi connectivity index (χ3v) is 5.75. The highest BCUT2D eigenvalue weighted by Crippen LogP contribution is 2.63. The third kappa shape index (κ3) is 2.35. The van der Waals surface area contributed by atoms with Crippen molar-refractivity contribution in [3.63, 3.8) is 0 Å². The molecule has 1 unspecified atom stereocenters. The summed E-state index contributed by atoms with van der Waals surface area (Å²) >= 11 is 0. The Morgan fingerprint density at radius 1 is 1.21 bits per heavy atom. The van der Waals surface area contributed by atoms with Crippen molar-refractivity contribution < 1.29 is 20.4 Å². The fourth-order valence-corrected chi connectivity index (χ4v) is 4.24. The van der Waals surface area contributed by atoms with Crippen LogP contribution in [0.2, 0.25) is 0 Å². The summed E-state index contributed by atoms with van der Waals surface area (Å²) in [7, 11) is 0. The van der Waals surface area contributed by atoms with Crippen molar-refractivity contribution in [2.75, 3.05) is 13.2 Å². The lowest BCUT2D eigenvalue weighted by atomic mass is 9.62. The van der Waals surface area contributed by atoms with Crippen LogP contribution >= 0.6 is 0 Å². The molecule has 2 aliphatic rings. The van der Waals surface area contributed by atoms with Gasteiger partial charge in [-0.1, -0.05) is 13.0 Å². The zero-order chi connectivity index (χ0) is 14.3. The van der Waals surface area contributed by atoms with E-state index in [2.05, 4.69) is 6.92 Å². The Bertz CT molecular complexity index is 357. The minimum Gasteiger partial charge on any atom is -0.392 e. The molecule has 4 nitrogen and oxygen atoms in total. The molecular formula is C15H26O4. The van der Waals surface area contributed by atoms with Gasteiger partial charge in [-0.3, -0.25) is 0 Å². The highest BCUT2D eigenvalue weighted by atomic mass is 16.3. The van der Waals surface area contributed by atoms with Gasteiger partial charge in [0.1, 0.15) is 0 Å². The van der Waals surface area contributed by atoms with Crippen LogP contribution < -0.4 is 0 Å². The number of aliphatic hydroxyl groups is 4. The molecule has 0 aromatic rings. The molecule has 0 aromatic heterocycles. The fraction of sp³-hybridized carbons (Fsp3) is 0.867. The zero-order valence-corrected chi connectivity index (χ0v) is 11.8. The molecule has 2 bridgehead atoms. The molecule has 0 spiro atoms. The van der Waals surface area contributed by atoms with Crippen LogP contribution in [0.5, 0.6) is 0 Å². The Morgan fingerprint density at radius 2 is 1.79 bits per heavy atom. The van der Waals surface area contributed by atoms with E-state index >= 15 is 0 Å². The molecule has 19 heavy (non-hydrogen) atoms. The Hall–Kier alpha value is -0.420. The van der Waals surface area contributed by atoms with Gasteiger partial charge in [0.25, 0.3) is 0 Å². The summed E-state index contributed by atoms with van der Waals surface area (Å²) in [6, 6.07) is 0. The second-order valence-corrected chi connectivity index (χ2v) is 6.68. The van der Waals surface area contributed by atoms with Gasteiger partial charge in [0.15, 0.2) is 0 Å². The van der Waals surface area contributed by atoms with Crippen molar-refractivity contribution in [2.24, 2.45) is 17.3 Å². The third-order valence-electron chi connectivity index (χ3n) is 5.75. The molecule has 2 saturated carbocycles. The van der Waals surface area contributed by atoms with Crippen LogP contribution in [0.15, 0.2) is 11.6 Å². The topological polar surface area (TPSA) is 80.9 Å². The maximum Gasteiger partial charge on any atom is 0.0731 e. The Balaban J connectivity index is 2.11. The van der Waals surface area contributed by atoms with E-state index in [0.29, 0.717) is 23.8 Å². The van der Waals surface area contributed by atoms with E-state index in [1.165, 1.54) is 6.08 Å². The Kier molecular flexibility index (Phi) is 4.07. The molecule has 2 aliphatic carbocycles. The molecule has 0 amide bonds. The first kappa shape index (κ1) is 15.0. The Morgan fingerprint density at radius 3 is 2.26 bits per heavy atom. The van der Waals surface area contributed by atoms with Crippen molar-refractivity contribution in [1.29, 1.82) is 0 Å². The highest BCUT2D eigenvalue weighted by Gasteiger charge is 2.62. The van der Waals surface area contributed by atoms with Gasteiger partial charge >= 0.3 is 0 Å². The second kappa shape index (κ2) is 5.17. The standard InChI is InChI=1S/C15H26O4/c1-14(7-13(18)5-10(8-16)9-17)11-3-4-12(6-11)15(14,2)19/h5,11-13,16-19H,3-4,6-9H2,1-2H3/t11-,12+,13?,14+,15-/m1/s1. The van der Waals surface area contributed by atoms with Crippen LogP contribution in [0.25, 0.3) is 0 Å². The van der Waals surface area contributed by atoms with Crippen molar-refractivity contribution in [3.8, 4) is 0 Å². The average Bonchev–Trinajstić information content (AvgIpc) is 2.90. The molecule has 110 valence electrons. The molecule has 0 saturated heterocycles. The summed E-state index contributed by atoms with van der Waals surface area (Å²) in [4.78, 5) is 0. The van der Waals surface area contributed by atoms with Gasteiger partial charge in [-0.25, -0.2) is 0 Å². The molecular weight excluding hydrogens is 244 g/mol. The first-order valence-electron chi connectivity index (χ1n) is 7.17. The summed E-state index contributed by atoms with van der Waals surface area (Å²) in [5, 5.41) is 39.0. The molecule has 5 atom stereocenters. The number of rotatable bonds is 5. The second-order valence-electron chi connectivity index (χ2n) is 6.68. The van der Waals surface area contributed by atoms with Crippen molar-refractivity contribution in [2.45, 2.75) is 51.2 Å². The largest absolute Gasteiger partial charge is 0.392 e. The van der Waals surface area contributed by atoms with Crippen LogP contribution in [0, 0.1) is 17.3 Å². The maximum atomic E-state index is 10.8. The van der Waals surface area contributed by atoms with E-state index in [9.17, 15) is 10.2 Å². The molecule has 2 rings (SSSR count). The predicted molar refractivity (Wildman–Crippen MR) is 72.4 cm³/mol. The van der Waals surface area contributed by atoms with Crippen molar-refractivity contribution >= 4 is 0 Å². The predicted octanol–water partition coefficient (Wildman–Crippen LogP) is 0.836. The summed E-state index contributed by atoms with van der Waals surface area (Å²) in [6.45, 7) is 3.47. The van der Waals surface area contributed by atoms with Crippen LogP contribution in [0.3, 0.4) is 0 Å². The molecule has 2 fully saturated rings. The smallest absolute Gasteiger partial charge is 0.0731 e. The fourth-order valence-electron chi connectivity index (χ4n) is 4.24. The van der Waals surface area contributed by atoms with Crippen LogP contribution in [-0.4, -0.2) is 45.3 Å². The average molecular weight is 270 g/mol. The quantitative estimate of drug-likeness (QED) is 0.558. The van der Waals surface area contributed by atoms with Crippen molar-refractivity contribution in [3.05, 3.63) is 11.6 Å². The number of aliphatic hydroxyl groups excluding tert-OH is 3. The monoisotopic (exact) mass is 270 g/mol. The van der Waals surface area contributed by atoms with E-state index in [1.54, 1.807) is 0 Å². The van der Waals surface area contributed by atoms with Gasteiger partial charge in [-0.2, -0.15) is 0 Å². The van der Waals surface area contributed by atoms with E-state index in [-0.39, 0.29) is 18.6 Å². The summed E-state index contributed by atoms with van der Waals surface area (Å²) in [5.41, 5.74) is -0.593. The first-order valence-corrected chi connectivity index (χ1v) is 7.17. The van der Waals surface area contributed by atoms with E-state index in [1.807, 2.05) is 6.92 Å². The Labute approximate surface area is 114 Å². The SMILES string of the molecule is C[C@]1(CC(O)C=C(CO)CO)[C@@H]2CC[C@@H](C2)[C@@]1(C)O. The zero-order valence-electron chi connectivity index (χ0n) is 11.8. The summed E-state index contributed by atoms with van der Waals surface area (Å²) in [5.74, 6) is 0.802. The van der Waals surface area contributed by atoms with Crippen molar-refractivity contribution in [1.82, 2.24) is 0 Å². The minimum atomic E-state index is -0.733. The highest BCUT2D eigenvalue weighted by molar-refractivity contribution is 5.14. The van der Waals surface area contributed by atoms with Gasteiger partial charge < -0.3 is 20.4 Å². The maximum absolute atomic E-state index is 10.8. The van der Waals surface area contributed by atoms with Crippen LogP contribution in [0.1, 0.15) is 39.5 Å². The minimum absolute atomic E-state index is 0.243. The molecule has 0 heterocycles.